The summed E-state index contributed by atoms with van der Waals surface area (Å²) in [5.74, 6) is 0.128. The molecule has 1 aliphatic rings. The summed E-state index contributed by atoms with van der Waals surface area (Å²) in [6.45, 7) is 2.28. The molecule has 0 aromatic heterocycles. The van der Waals surface area contributed by atoms with Gasteiger partial charge in [-0.05, 0) is 11.6 Å². The molecule has 1 aliphatic heterocycles. The summed E-state index contributed by atoms with van der Waals surface area (Å²) in [4.78, 5) is 14.0. The molecule has 18 heavy (non-hydrogen) atoms. The van der Waals surface area contributed by atoms with Crippen molar-refractivity contribution in [3.63, 3.8) is 0 Å². The highest BCUT2D eigenvalue weighted by molar-refractivity contribution is 9.10. The summed E-state index contributed by atoms with van der Waals surface area (Å²) < 4.78 is 6.43. The molecule has 1 atom stereocenters. The Hall–Kier alpha value is -0.910. The Morgan fingerprint density at radius 2 is 2.28 bits per heavy atom. The minimum absolute atomic E-state index is 0.0260. The maximum atomic E-state index is 12.2. The summed E-state index contributed by atoms with van der Waals surface area (Å²) >= 11 is 3.46. The van der Waals surface area contributed by atoms with Crippen LogP contribution in [0.2, 0.25) is 0 Å². The Morgan fingerprint density at radius 1 is 1.50 bits per heavy atom. The number of ether oxygens (including phenoxy) is 1. The lowest BCUT2D eigenvalue weighted by Crippen LogP contribution is -2.48. The van der Waals surface area contributed by atoms with Crippen LogP contribution in [0, 0.1) is 0 Å². The SMILES string of the molecule is NCC1CN(C(=O)Cc2ccccc2Br)CCO1. The molecule has 5 heteroatoms. The molecule has 0 bridgehead atoms. The number of halogens is 1. The van der Waals surface area contributed by atoms with Crippen molar-refractivity contribution in [3.8, 4) is 0 Å². The molecule has 1 heterocycles. The average molecular weight is 313 g/mol. The second-order valence-electron chi connectivity index (χ2n) is 4.34. The highest BCUT2D eigenvalue weighted by Crippen LogP contribution is 2.17. The summed E-state index contributed by atoms with van der Waals surface area (Å²) in [5.41, 5.74) is 6.58. The number of carbonyl (C=O) groups excluding carboxylic acids is 1. The molecule has 1 saturated heterocycles. The van der Waals surface area contributed by atoms with Gasteiger partial charge in [0.25, 0.3) is 0 Å². The summed E-state index contributed by atoms with van der Waals surface area (Å²) in [7, 11) is 0. The van der Waals surface area contributed by atoms with Gasteiger partial charge in [0, 0.05) is 24.1 Å². The van der Waals surface area contributed by atoms with Gasteiger partial charge in [-0.2, -0.15) is 0 Å². The largest absolute Gasteiger partial charge is 0.373 e. The number of rotatable bonds is 3. The molecule has 1 aromatic carbocycles. The van der Waals surface area contributed by atoms with Crippen LogP contribution in [0.25, 0.3) is 0 Å². The van der Waals surface area contributed by atoms with E-state index in [-0.39, 0.29) is 12.0 Å². The maximum absolute atomic E-state index is 12.2. The fourth-order valence-electron chi connectivity index (χ4n) is 2.00. The van der Waals surface area contributed by atoms with Crippen LogP contribution >= 0.6 is 15.9 Å². The van der Waals surface area contributed by atoms with Crippen LogP contribution in [0.5, 0.6) is 0 Å². The molecular weight excluding hydrogens is 296 g/mol. The predicted octanol–water partition coefficient (Wildman–Crippen LogP) is 1.18. The van der Waals surface area contributed by atoms with E-state index in [1.54, 1.807) is 0 Å². The monoisotopic (exact) mass is 312 g/mol. The Balaban J connectivity index is 1.97. The van der Waals surface area contributed by atoms with Gasteiger partial charge in [0.2, 0.25) is 5.91 Å². The molecule has 4 nitrogen and oxygen atoms in total. The lowest BCUT2D eigenvalue weighted by Gasteiger charge is -2.32. The second-order valence-corrected chi connectivity index (χ2v) is 5.19. The lowest BCUT2D eigenvalue weighted by atomic mass is 10.1. The van der Waals surface area contributed by atoms with E-state index in [1.165, 1.54) is 0 Å². The fraction of sp³-hybridized carbons (Fsp3) is 0.462. The second kappa shape index (κ2) is 6.31. The van der Waals surface area contributed by atoms with Crippen LogP contribution in [0.3, 0.4) is 0 Å². The number of morpholine rings is 1. The first-order valence-electron chi connectivity index (χ1n) is 6.03. The van der Waals surface area contributed by atoms with E-state index in [9.17, 15) is 4.79 Å². The molecule has 1 aromatic rings. The summed E-state index contributed by atoms with van der Waals surface area (Å²) in [5, 5.41) is 0. The van der Waals surface area contributed by atoms with Crippen molar-refractivity contribution in [1.82, 2.24) is 4.90 Å². The number of hydrogen-bond acceptors (Lipinski definition) is 3. The highest BCUT2D eigenvalue weighted by atomic mass is 79.9. The van der Waals surface area contributed by atoms with Crippen molar-refractivity contribution in [1.29, 1.82) is 0 Å². The van der Waals surface area contributed by atoms with Gasteiger partial charge in [0.1, 0.15) is 0 Å². The molecule has 1 fully saturated rings. The molecule has 0 saturated carbocycles. The van der Waals surface area contributed by atoms with Crippen molar-refractivity contribution < 1.29 is 9.53 Å². The van der Waals surface area contributed by atoms with E-state index in [2.05, 4.69) is 15.9 Å². The minimum atomic E-state index is -0.0260. The average Bonchev–Trinajstić information content (AvgIpc) is 2.41. The van der Waals surface area contributed by atoms with Crippen LogP contribution < -0.4 is 5.73 Å². The van der Waals surface area contributed by atoms with Crippen LogP contribution in [-0.4, -0.2) is 43.2 Å². The smallest absolute Gasteiger partial charge is 0.227 e. The van der Waals surface area contributed by atoms with Crippen LogP contribution in [0.4, 0.5) is 0 Å². The Morgan fingerprint density at radius 3 is 3.00 bits per heavy atom. The molecule has 0 spiro atoms. The number of benzene rings is 1. The first-order chi connectivity index (χ1) is 8.70. The third kappa shape index (κ3) is 3.31. The van der Waals surface area contributed by atoms with Crippen molar-refractivity contribution in [2.75, 3.05) is 26.2 Å². The Kier molecular flexibility index (Phi) is 4.74. The van der Waals surface area contributed by atoms with Gasteiger partial charge in [-0.1, -0.05) is 34.1 Å². The van der Waals surface area contributed by atoms with Crippen molar-refractivity contribution in [3.05, 3.63) is 34.3 Å². The minimum Gasteiger partial charge on any atom is -0.373 e. The van der Waals surface area contributed by atoms with Gasteiger partial charge in [0.15, 0.2) is 0 Å². The van der Waals surface area contributed by atoms with E-state index in [0.29, 0.717) is 32.7 Å². The molecule has 98 valence electrons. The number of amides is 1. The zero-order chi connectivity index (χ0) is 13.0. The van der Waals surface area contributed by atoms with E-state index < -0.39 is 0 Å². The molecular formula is C13H17BrN2O2. The lowest BCUT2D eigenvalue weighted by molar-refractivity contribution is -0.137. The number of nitrogens with two attached hydrogens (primary N) is 1. The Bertz CT molecular complexity index is 425. The summed E-state index contributed by atoms with van der Waals surface area (Å²) in [6.07, 6.45) is 0.389. The van der Waals surface area contributed by atoms with Gasteiger partial charge in [-0.3, -0.25) is 4.79 Å². The number of nitrogens with zero attached hydrogens (tertiary/aromatic N) is 1. The van der Waals surface area contributed by atoms with E-state index in [1.807, 2.05) is 29.2 Å². The van der Waals surface area contributed by atoms with Crippen molar-refractivity contribution >= 4 is 21.8 Å². The van der Waals surface area contributed by atoms with Gasteiger partial charge < -0.3 is 15.4 Å². The molecule has 2 rings (SSSR count). The zero-order valence-corrected chi connectivity index (χ0v) is 11.7. The van der Waals surface area contributed by atoms with Crippen LogP contribution in [0.15, 0.2) is 28.7 Å². The Labute approximate surface area is 115 Å². The van der Waals surface area contributed by atoms with E-state index in [0.717, 1.165) is 10.0 Å². The van der Waals surface area contributed by atoms with E-state index in [4.69, 9.17) is 10.5 Å². The molecule has 2 N–H and O–H groups in total. The quantitative estimate of drug-likeness (QED) is 0.912. The molecule has 1 amide bonds. The van der Waals surface area contributed by atoms with Crippen molar-refractivity contribution in [2.24, 2.45) is 5.73 Å². The fourth-order valence-corrected chi connectivity index (χ4v) is 2.43. The van der Waals surface area contributed by atoms with E-state index >= 15 is 0 Å². The predicted molar refractivity (Wildman–Crippen MR) is 73.2 cm³/mol. The van der Waals surface area contributed by atoms with Gasteiger partial charge in [-0.15, -0.1) is 0 Å². The van der Waals surface area contributed by atoms with Gasteiger partial charge >= 0.3 is 0 Å². The first kappa shape index (κ1) is 13.5. The topological polar surface area (TPSA) is 55.6 Å². The molecule has 0 radical (unpaired) electrons. The zero-order valence-electron chi connectivity index (χ0n) is 10.1. The number of carbonyl (C=O) groups is 1. The third-order valence-corrected chi connectivity index (χ3v) is 3.83. The first-order valence-corrected chi connectivity index (χ1v) is 6.83. The van der Waals surface area contributed by atoms with Crippen LogP contribution in [0.1, 0.15) is 5.56 Å². The maximum Gasteiger partial charge on any atom is 0.227 e. The van der Waals surface area contributed by atoms with Crippen molar-refractivity contribution in [2.45, 2.75) is 12.5 Å². The molecule has 0 aliphatic carbocycles. The number of hydrogen-bond donors (Lipinski definition) is 1. The van der Waals surface area contributed by atoms with Gasteiger partial charge in [0.05, 0.1) is 19.1 Å². The third-order valence-electron chi connectivity index (χ3n) is 3.05. The molecule has 1 unspecified atom stereocenters. The standard InChI is InChI=1S/C13H17BrN2O2/c14-12-4-2-1-3-10(12)7-13(17)16-5-6-18-11(8-15)9-16/h1-4,11H,5-9,15H2. The highest BCUT2D eigenvalue weighted by Gasteiger charge is 2.23. The van der Waals surface area contributed by atoms with Gasteiger partial charge in [-0.25, -0.2) is 0 Å². The summed E-state index contributed by atoms with van der Waals surface area (Å²) in [6, 6.07) is 7.79. The van der Waals surface area contributed by atoms with Crippen LogP contribution in [-0.2, 0) is 16.0 Å². The normalized spacial score (nSPS) is 19.9.